The highest BCUT2D eigenvalue weighted by molar-refractivity contribution is 5.98. The number of nitriles is 1. The normalized spacial score (nSPS) is 23.7. The van der Waals surface area contributed by atoms with Crippen molar-refractivity contribution in [2.45, 2.75) is 25.6 Å². The molecule has 3 rings (SSSR count). The molecule has 2 fully saturated rings. The van der Waals surface area contributed by atoms with Crippen molar-refractivity contribution in [1.29, 1.82) is 5.26 Å². The maximum atomic E-state index is 12.8. The minimum Gasteiger partial charge on any atom is -0.497 e. The second kappa shape index (κ2) is 6.89. The summed E-state index contributed by atoms with van der Waals surface area (Å²) in [7, 11) is 1.59. The standard InChI is InChI=1S/C17H20N4O3/c1-24-13-6-4-12(5-7-13)11-21-16(22)14-3-2-9-19-15(14)20(10-8-18)17(21)23/h4-7,14-15,19H,2-3,9-11H2,1H3. The highest BCUT2D eigenvalue weighted by Crippen LogP contribution is 2.29. The lowest BCUT2D eigenvalue weighted by molar-refractivity contribution is -0.141. The number of rotatable bonds is 4. The smallest absolute Gasteiger partial charge is 0.329 e. The molecule has 3 amide bonds. The zero-order valence-corrected chi connectivity index (χ0v) is 13.6. The Kier molecular flexibility index (Phi) is 4.67. The van der Waals surface area contributed by atoms with E-state index in [1.165, 1.54) is 9.80 Å². The van der Waals surface area contributed by atoms with Crippen molar-refractivity contribution in [3.8, 4) is 11.8 Å². The molecule has 7 heteroatoms. The molecule has 0 saturated carbocycles. The quantitative estimate of drug-likeness (QED) is 0.842. The molecule has 1 aromatic carbocycles. The van der Waals surface area contributed by atoms with Crippen LogP contribution in [0.4, 0.5) is 4.79 Å². The Hall–Kier alpha value is -2.59. The number of imide groups is 1. The van der Waals surface area contributed by atoms with Gasteiger partial charge in [-0.05, 0) is 37.1 Å². The number of methoxy groups -OCH3 is 1. The summed E-state index contributed by atoms with van der Waals surface area (Å²) in [6.45, 7) is 0.925. The van der Waals surface area contributed by atoms with Crippen LogP contribution in [-0.4, -0.2) is 48.1 Å². The van der Waals surface area contributed by atoms with Crippen molar-refractivity contribution >= 4 is 11.9 Å². The molecule has 24 heavy (non-hydrogen) atoms. The summed E-state index contributed by atoms with van der Waals surface area (Å²) < 4.78 is 5.12. The van der Waals surface area contributed by atoms with Gasteiger partial charge in [-0.15, -0.1) is 0 Å². The second-order valence-electron chi connectivity index (χ2n) is 5.99. The summed E-state index contributed by atoms with van der Waals surface area (Å²) >= 11 is 0. The van der Waals surface area contributed by atoms with Gasteiger partial charge < -0.3 is 4.74 Å². The Morgan fingerprint density at radius 3 is 2.75 bits per heavy atom. The molecule has 2 aliphatic rings. The molecule has 0 bridgehead atoms. The van der Waals surface area contributed by atoms with E-state index >= 15 is 0 Å². The third kappa shape index (κ3) is 2.93. The van der Waals surface area contributed by atoms with Crippen molar-refractivity contribution in [1.82, 2.24) is 15.1 Å². The number of benzene rings is 1. The lowest BCUT2D eigenvalue weighted by Gasteiger charge is -2.46. The third-order valence-electron chi connectivity index (χ3n) is 4.56. The molecule has 0 radical (unpaired) electrons. The van der Waals surface area contributed by atoms with Crippen LogP contribution in [0.15, 0.2) is 24.3 Å². The van der Waals surface area contributed by atoms with Gasteiger partial charge in [0.05, 0.1) is 31.8 Å². The molecule has 0 aromatic heterocycles. The van der Waals surface area contributed by atoms with Gasteiger partial charge in [0.1, 0.15) is 12.3 Å². The Morgan fingerprint density at radius 1 is 1.33 bits per heavy atom. The molecule has 1 N–H and O–H groups in total. The molecule has 2 saturated heterocycles. The third-order valence-corrected chi connectivity index (χ3v) is 4.56. The maximum absolute atomic E-state index is 12.8. The molecule has 0 spiro atoms. The number of nitrogens with one attached hydrogen (secondary N) is 1. The summed E-state index contributed by atoms with van der Waals surface area (Å²) in [6, 6.07) is 8.88. The number of fused-ring (bicyclic) bond motifs is 1. The zero-order valence-electron chi connectivity index (χ0n) is 13.6. The van der Waals surface area contributed by atoms with Crippen LogP contribution in [-0.2, 0) is 11.3 Å². The number of carbonyl (C=O) groups is 2. The summed E-state index contributed by atoms with van der Waals surface area (Å²) in [5.74, 6) is 0.267. The van der Waals surface area contributed by atoms with Gasteiger partial charge in [-0.3, -0.25) is 19.9 Å². The van der Waals surface area contributed by atoms with Crippen LogP contribution in [0, 0.1) is 17.2 Å². The van der Waals surface area contributed by atoms with Crippen LogP contribution in [0.3, 0.4) is 0 Å². The summed E-state index contributed by atoms with van der Waals surface area (Å²) in [5.41, 5.74) is 0.844. The summed E-state index contributed by atoms with van der Waals surface area (Å²) in [6.07, 6.45) is 1.24. The maximum Gasteiger partial charge on any atom is 0.329 e. The van der Waals surface area contributed by atoms with E-state index < -0.39 is 6.03 Å². The number of piperidine rings is 1. The van der Waals surface area contributed by atoms with E-state index in [-0.39, 0.29) is 31.1 Å². The highest BCUT2D eigenvalue weighted by Gasteiger charge is 2.46. The predicted molar refractivity (Wildman–Crippen MR) is 85.8 cm³/mol. The van der Waals surface area contributed by atoms with Gasteiger partial charge in [-0.2, -0.15) is 5.26 Å². The fourth-order valence-corrected chi connectivity index (χ4v) is 3.33. The molecule has 126 valence electrons. The van der Waals surface area contributed by atoms with Gasteiger partial charge in [-0.1, -0.05) is 12.1 Å². The fraction of sp³-hybridized carbons (Fsp3) is 0.471. The predicted octanol–water partition coefficient (Wildman–Crippen LogP) is 1.31. The molecule has 2 unspecified atom stereocenters. The van der Waals surface area contributed by atoms with E-state index in [1.54, 1.807) is 19.2 Å². The number of carbonyl (C=O) groups excluding carboxylic acids is 2. The van der Waals surface area contributed by atoms with E-state index in [2.05, 4.69) is 5.32 Å². The van der Waals surface area contributed by atoms with E-state index in [4.69, 9.17) is 10.00 Å². The molecule has 2 heterocycles. The minimum absolute atomic E-state index is 0.0284. The van der Waals surface area contributed by atoms with Crippen LogP contribution in [0.1, 0.15) is 18.4 Å². The Bertz CT molecular complexity index is 667. The molecule has 2 atom stereocenters. The van der Waals surface area contributed by atoms with Crippen molar-refractivity contribution in [3.63, 3.8) is 0 Å². The van der Waals surface area contributed by atoms with Gasteiger partial charge in [-0.25, -0.2) is 4.79 Å². The molecule has 0 aliphatic carbocycles. The number of nitrogens with zero attached hydrogens (tertiary/aromatic N) is 3. The van der Waals surface area contributed by atoms with Crippen LogP contribution < -0.4 is 10.1 Å². The first-order valence-corrected chi connectivity index (χ1v) is 8.01. The van der Waals surface area contributed by atoms with Crippen LogP contribution >= 0.6 is 0 Å². The Balaban J connectivity index is 1.83. The number of amides is 3. The molecule has 2 aliphatic heterocycles. The van der Waals surface area contributed by atoms with Crippen LogP contribution in [0.5, 0.6) is 5.75 Å². The highest BCUT2D eigenvalue weighted by atomic mass is 16.5. The average molecular weight is 328 g/mol. The second-order valence-corrected chi connectivity index (χ2v) is 5.99. The first kappa shape index (κ1) is 16.3. The number of ether oxygens (including phenoxy) is 1. The minimum atomic E-state index is -0.409. The first-order chi connectivity index (χ1) is 11.7. The monoisotopic (exact) mass is 328 g/mol. The zero-order chi connectivity index (χ0) is 17.1. The van der Waals surface area contributed by atoms with Gasteiger partial charge in [0, 0.05) is 0 Å². The SMILES string of the molecule is COc1ccc(CN2C(=O)C3CCCNC3N(CC#N)C2=O)cc1. The van der Waals surface area contributed by atoms with Gasteiger partial charge in [0.15, 0.2) is 0 Å². The number of hydrogen-bond acceptors (Lipinski definition) is 5. The van der Waals surface area contributed by atoms with Crippen molar-refractivity contribution in [2.24, 2.45) is 5.92 Å². The van der Waals surface area contributed by atoms with Crippen LogP contribution in [0.2, 0.25) is 0 Å². The van der Waals surface area contributed by atoms with E-state index in [1.807, 2.05) is 18.2 Å². The average Bonchev–Trinajstić information content (AvgIpc) is 2.63. The lowest BCUT2D eigenvalue weighted by Crippen LogP contribution is -2.67. The molecular formula is C17H20N4O3. The summed E-state index contributed by atoms with van der Waals surface area (Å²) in [4.78, 5) is 28.2. The van der Waals surface area contributed by atoms with E-state index in [0.717, 1.165) is 30.7 Å². The van der Waals surface area contributed by atoms with Gasteiger partial charge in [0.2, 0.25) is 5.91 Å². The van der Waals surface area contributed by atoms with Crippen LogP contribution in [0.25, 0.3) is 0 Å². The van der Waals surface area contributed by atoms with Crippen molar-refractivity contribution in [3.05, 3.63) is 29.8 Å². The Labute approximate surface area is 140 Å². The van der Waals surface area contributed by atoms with E-state index in [9.17, 15) is 9.59 Å². The molecule has 1 aromatic rings. The first-order valence-electron chi connectivity index (χ1n) is 8.01. The largest absolute Gasteiger partial charge is 0.497 e. The number of hydrogen-bond donors (Lipinski definition) is 1. The van der Waals surface area contributed by atoms with Gasteiger partial charge in [0.25, 0.3) is 0 Å². The van der Waals surface area contributed by atoms with Crippen molar-refractivity contribution < 1.29 is 14.3 Å². The topological polar surface area (TPSA) is 85.7 Å². The van der Waals surface area contributed by atoms with Crippen molar-refractivity contribution in [2.75, 3.05) is 20.2 Å². The van der Waals surface area contributed by atoms with Gasteiger partial charge >= 0.3 is 6.03 Å². The lowest BCUT2D eigenvalue weighted by atomic mass is 9.91. The van der Waals surface area contributed by atoms with E-state index in [0.29, 0.717) is 0 Å². The molecular weight excluding hydrogens is 308 g/mol. The fourth-order valence-electron chi connectivity index (χ4n) is 3.33. The summed E-state index contributed by atoms with van der Waals surface area (Å²) in [5, 5.41) is 12.2. The molecule has 7 nitrogen and oxygen atoms in total. The Morgan fingerprint density at radius 2 is 2.08 bits per heavy atom. The number of urea groups is 1.